The van der Waals surface area contributed by atoms with Crippen molar-refractivity contribution in [2.24, 2.45) is 5.92 Å². The monoisotopic (exact) mass is 314 g/mol. The number of amides is 1. The minimum atomic E-state index is -3.73. The van der Waals surface area contributed by atoms with Crippen LogP contribution in [0.15, 0.2) is 23.2 Å². The highest BCUT2D eigenvalue weighted by atomic mass is 32.2. The molecular weight excluding hydrogens is 292 g/mol. The first-order chi connectivity index (χ1) is 9.85. The fourth-order valence-corrected chi connectivity index (χ4v) is 2.38. The van der Waals surface area contributed by atoms with E-state index in [9.17, 15) is 13.2 Å². The molecule has 118 valence electrons. The number of pyridine rings is 1. The summed E-state index contributed by atoms with van der Waals surface area (Å²) < 4.78 is 26.2. The molecule has 0 unspecified atom stereocenters. The molecule has 1 heterocycles. The maximum absolute atomic E-state index is 12.0. The summed E-state index contributed by atoms with van der Waals surface area (Å²) in [6.07, 6.45) is 1.26. The Balaban J connectivity index is 2.58. The molecule has 0 aliphatic heterocycles. The van der Waals surface area contributed by atoms with Gasteiger partial charge < -0.3 is 10.6 Å². The fraction of sp³-hybridized carbons (Fsp3) is 0.538. The van der Waals surface area contributed by atoms with Gasteiger partial charge in [0.15, 0.2) is 0 Å². The van der Waals surface area contributed by atoms with Gasteiger partial charge in [0, 0.05) is 19.3 Å². The van der Waals surface area contributed by atoms with Gasteiger partial charge in [0.2, 0.25) is 15.9 Å². The van der Waals surface area contributed by atoms with Crippen molar-refractivity contribution in [1.29, 1.82) is 0 Å². The van der Waals surface area contributed by atoms with Crippen molar-refractivity contribution in [2.45, 2.75) is 25.7 Å². The SMILES string of the molecule is CCNc1ccc(S(=O)(=O)NCC(=O)NCC(C)C)cn1. The largest absolute Gasteiger partial charge is 0.370 e. The van der Waals surface area contributed by atoms with Crippen molar-refractivity contribution in [1.82, 2.24) is 15.0 Å². The summed E-state index contributed by atoms with van der Waals surface area (Å²) in [6, 6.07) is 3.02. The summed E-state index contributed by atoms with van der Waals surface area (Å²) in [4.78, 5) is 15.5. The van der Waals surface area contributed by atoms with E-state index in [0.29, 0.717) is 24.8 Å². The van der Waals surface area contributed by atoms with E-state index in [1.807, 2.05) is 20.8 Å². The van der Waals surface area contributed by atoms with E-state index < -0.39 is 10.0 Å². The van der Waals surface area contributed by atoms with Gasteiger partial charge in [-0.25, -0.2) is 18.1 Å². The van der Waals surface area contributed by atoms with E-state index in [1.165, 1.54) is 12.3 Å². The van der Waals surface area contributed by atoms with Crippen molar-refractivity contribution in [3.8, 4) is 0 Å². The number of aromatic nitrogens is 1. The maximum atomic E-state index is 12.0. The minimum absolute atomic E-state index is 0.0285. The topological polar surface area (TPSA) is 100 Å². The molecular formula is C13H22N4O3S. The molecule has 1 aromatic rings. The number of hydrogen-bond acceptors (Lipinski definition) is 5. The second-order valence-corrected chi connectivity index (χ2v) is 6.70. The van der Waals surface area contributed by atoms with Crippen molar-refractivity contribution < 1.29 is 13.2 Å². The van der Waals surface area contributed by atoms with E-state index in [2.05, 4.69) is 20.3 Å². The Morgan fingerprint density at radius 3 is 2.57 bits per heavy atom. The number of hydrogen-bond donors (Lipinski definition) is 3. The summed E-state index contributed by atoms with van der Waals surface area (Å²) >= 11 is 0. The first kappa shape index (κ1) is 17.4. The number of anilines is 1. The molecule has 0 radical (unpaired) electrons. The number of carbonyl (C=O) groups excluding carboxylic acids is 1. The Bertz CT molecular complexity index is 555. The second-order valence-electron chi connectivity index (χ2n) is 4.93. The standard InChI is InChI=1S/C13H22N4O3S/c1-4-14-12-6-5-11(8-15-12)21(19,20)17-9-13(18)16-7-10(2)3/h5-6,8,10,17H,4,7,9H2,1-3H3,(H,14,15)(H,16,18). The normalized spacial score (nSPS) is 11.4. The quantitative estimate of drug-likeness (QED) is 0.651. The predicted octanol–water partition coefficient (Wildman–Crippen LogP) is 0.564. The molecule has 0 aromatic carbocycles. The molecule has 0 spiro atoms. The molecule has 1 amide bonds. The first-order valence-corrected chi connectivity index (χ1v) is 8.29. The lowest BCUT2D eigenvalue weighted by Gasteiger charge is -2.09. The molecule has 0 saturated carbocycles. The van der Waals surface area contributed by atoms with Gasteiger partial charge in [0.25, 0.3) is 0 Å². The zero-order chi connectivity index (χ0) is 15.9. The Hall–Kier alpha value is -1.67. The second kappa shape index (κ2) is 7.94. The van der Waals surface area contributed by atoms with Crippen LogP contribution in [0.1, 0.15) is 20.8 Å². The molecule has 1 rings (SSSR count). The van der Waals surface area contributed by atoms with E-state index in [1.54, 1.807) is 6.07 Å². The van der Waals surface area contributed by atoms with Crippen LogP contribution in [0, 0.1) is 5.92 Å². The van der Waals surface area contributed by atoms with Gasteiger partial charge in [-0.2, -0.15) is 0 Å². The van der Waals surface area contributed by atoms with Crippen LogP contribution < -0.4 is 15.4 Å². The Morgan fingerprint density at radius 2 is 2.05 bits per heavy atom. The van der Waals surface area contributed by atoms with E-state index in [0.717, 1.165) is 0 Å². The third-order valence-electron chi connectivity index (χ3n) is 2.53. The van der Waals surface area contributed by atoms with Crippen molar-refractivity contribution in [2.75, 3.05) is 25.0 Å². The summed E-state index contributed by atoms with van der Waals surface area (Å²) in [5.74, 6) is 0.559. The van der Waals surface area contributed by atoms with Gasteiger partial charge in [0.05, 0.1) is 6.54 Å². The van der Waals surface area contributed by atoms with Crippen LogP contribution in [0.4, 0.5) is 5.82 Å². The smallest absolute Gasteiger partial charge is 0.242 e. The molecule has 0 atom stereocenters. The van der Waals surface area contributed by atoms with Crippen LogP contribution in [0.5, 0.6) is 0 Å². The molecule has 0 saturated heterocycles. The number of nitrogens with one attached hydrogen (secondary N) is 3. The highest BCUT2D eigenvalue weighted by Gasteiger charge is 2.15. The van der Waals surface area contributed by atoms with Crippen molar-refractivity contribution >= 4 is 21.7 Å². The lowest BCUT2D eigenvalue weighted by atomic mass is 10.2. The molecule has 0 aliphatic carbocycles. The van der Waals surface area contributed by atoms with Gasteiger partial charge in [0.1, 0.15) is 10.7 Å². The molecule has 3 N–H and O–H groups in total. The number of nitrogens with zero attached hydrogens (tertiary/aromatic N) is 1. The Kier molecular flexibility index (Phi) is 6.57. The molecule has 0 fully saturated rings. The van der Waals surface area contributed by atoms with E-state index >= 15 is 0 Å². The number of rotatable bonds is 8. The summed E-state index contributed by atoms with van der Waals surface area (Å²) in [5, 5.41) is 5.61. The number of sulfonamides is 1. The maximum Gasteiger partial charge on any atom is 0.242 e. The van der Waals surface area contributed by atoms with Gasteiger partial charge in [-0.05, 0) is 25.0 Å². The molecule has 0 aliphatic rings. The van der Waals surface area contributed by atoms with Crippen LogP contribution in [0.2, 0.25) is 0 Å². The highest BCUT2D eigenvalue weighted by molar-refractivity contribution is 7.89. The minimum Gasteiger partial charge on any atom is -0.370 e. The van der Waals surface area contributed by atoms with Crippen LogP contribution in [-0.2, 0) is 14.8 Å². The van der Waals surface area contributed by atoms with Gasteiger partial charge >= 0.3 is 0 Å². The summed E-state index contributed by atoms with van der Waals surface area (Å²) in [5.41, 5.74) is 0. The van der Waals surface area contributed by atoms with Crippen LogP contribution >= 0.6 is 0 Å². The number of carbonyl (C=O) groups is 1. The van der Waals surface area contributed by atoms with Crippen LogP contribution in [0.25, 0.3) is 0 Å². The van der Waals surface area contributed by atoms with Crippen molar-refractivity contribution in [3.63, 3.8) is 0 Å². The Morgan fingerprint density at radius 1 is 1.33 bits per heavy atom. The molecule has 21 heavy (non-hydrogen) atoms. The average Bonchev–Trinajstić information content (AvgIpc) is 2.44. The average molecular weight is 314 g/mol. The van der Waals surface area contributed by atoms with E-state index in [4.69, 9.17) is 0 Å². The van der Waals surface area contributed by atoms with Crippen molar-refractivity contribution in [3.05, 3.63) is 18.3 Å². The summed E-state index contributed by atoms with van der Waals surface area (Å²) in [7, 11) is -3.73. The molecule has 7 nitrogen and oxygen atoms in total. The zero-order valence-corrected chi connectivity index (χ0v) is 13.3. The third kappa shape index (κ3) is 6.09. The molecule has 0 bridgehead atoms. The lowest BCUT2D eigenvalue weighted by Crippen LogP contribution is -2.38. The van der Waals surface area contributed by atoms with E-state index in [-0.39, 0.29) is 17.3 Å². The third-order valence-corrected chi connectivity index (χ3v) is 3.92. The predicted molar refractivity (Wildman–Crippen MR) is 81.4 cm³/mol. The highest BCUT2D eigenvalue weighted by Crippen LogP contribution is 2.10. The fourth-order valence-electron chi connectivity index (χ4n) is 1.45. The molecule has 8 heteroatoms. The summed E-state index contributed by atoms with van der Waals surface area (Å²) in [6.45, 7) is 6.77. The zero-order valence-electron chi connectivity index (χ0n) is 12.5. The molecule has 1 aromatic heterocycles. The lowest BCUT2D eigenvalue weighted by molar-refractivity contribution is -0.120. The van der Waals surface area contributed by atoms with Crippen LogP contribution in [0.3, 0.4) is 0 Å². The van der Waals surface area contributed by atoms with Gasteiger partial charge in [-0.15, -0.1) is 0 Å². The van der Waals surface area contributed by atoms with Gasteiger partial charge in [-0.1, -0.05) is 13.8 Å². The van der Waals surface area contributed by atoms with Crippen LogP contribution in [-0.4, -0.2) is 38.9 Å². The van der Waals surface area contributed by atoms with Gasteiger partial charge in [-0.3, -0.25) is 4.79 Å². The Labute approximate surface area is 125 Å². The first-order valence-electron chi connectivity index (χ1n) is 6.81.